The monoisotopic (exact) mass is 506 g/mol. The van der Waals surface area contributed by atoms with Crippen LogP contribution in [0.25, 0.3) is 0 Å². The number of nitrogens with zero attached hydrogens (tertiary/aromatic N) is 1. The lowest BCUT2D eigenvalue weighted by molar-refractivity contribution is -0.122. The zero-order chi connectivity index (χ0) is 24.0. The molecular weight excluding hydrogens is 483 g/mol. The van der Waals surface area contributed by atoms with E-state index >= 15 is 0 Å². The Morgan fingerprint density at radius 2 is 1.55 bits per heavy atom. The van der Waals surface area contributed by atoms with Gasteiger partial charge in [-0.1, -0.05) is 53.5 Å². The van der Waals surface area contributed by atoms with Crippen molar-refractivity contribution in [3.63, 3.8) is 0 Å². The fourth-order valence-corrected chi connectivity index (χ4v) is 4.96. The maximum atomic E-state index is 13.4. The van der Waals surface area contributed by atoms with Gasteiger partial charge in [0.15, 0.2) is 0 Å². The molecule has 0 aliphatic heterocycles. The highest BCUT2D eigenvalue weighted by Crippen LogP contribution is 2.25. The minimum absolute atomic E-state index is 0.00140. The van der Waals surface area contributed by atoms with Gasteiger partial charge in [-0.3, -0.25) is 4.79 Å². The van der Waals surface area contributed by atoms with Crippen molar-refractivity contribution in [1.29, 1.82) is 0 Å². The molecule has 0 saturated heterocycles. The van der Waals surface area contributed by atoms with Crippen LogP contribution < -0.4 is 10.1 Å². The third-order valence-electron chi connectivity index (χ3n) is 5.03. The van der Waals surface area contributed by atoms with Crippen molar-refractivity contribution in [2.24, 2.45) is 0 Å². The van der Waals surface area contributed by atoms with E-state index in [-0.39, 0.29) is 24.0 Å². The summed E-state index contributed by atoms with van der Waals surface area (Å²) in [4.78, 5) is 13.0. The Labute approximate surface area is 204 Å². The standard InChI is InChI=1S/C24H24Cl2N2O4S/c1-17(22-5-3-4-6-23(22)32-2)27-24(29)16-28(15-18-7-9-19(25)10-8-18)33(30,31)21-13-11-20(26)12-14-21/h3-14,17H,15-16H2,1-2H3,(H,27,29). The zero-order valence-electron chi connectivity index (χ0n) is 18.2. The van der Waals surface area contributed by atoms with Gasteiger partial charge in [0.1, 0.15) is 5.75 Å². The molecule has 1 N–H and O–H groups in total. The topological polar surface area (TPSA) is 75.7 Å². The minimum atomic E-state index is -3.98. The van der Waals surface area contributed by atoms with E-state index < -0.39 is 15.9 Å². The van der Waals surface area contributed by atoms with Crippen LogP contribution in [0.15, 0.2) is 77.7 Å². The van der Waals surface area contributed by atoms with E-state index in [1.807, 2.05) is 25.1 Å². The number of nitrogens with one attached hydrogen (secondary N) is 1. The van der Waals surface area contributed by atoms with Crippen molar-refractivity contribution in [1.82, 2.24) is 9.62 Å². The molecule has 0 spiro atoms. The minimum Gasteiger partial charge on any atom is -0.496 e. The fraction of sp³-hybridized carbons (Fsp3) is 0.208. The van der Waals surface area contributed by atoms with Gasteiger partial charge in [-0.2, -0.15) is 4.31 Å². The second-order valence-corrected chi connectivity index (χ2v) is 10.2. The Morgan fingerprint density at radius 1 is 0.970 bits per heavy atom. The van der Waals surface area contributed by atoms with E-state index in [1.165, 1.54) is 24.3 Å². The van der Waals surface area contributed by atoms with Crippen LogP contribution in [0.2, 0.25) is 10.0 Å². The van der Waals surface area contributed by atoms with Crippen molar-refractivity contribution in [3.8, 4) is 5.75 Å². The Morgan fingerprint density at radius 3 is 2.15 bits per heavy atom. The normalized spacial score (nSPS) is 12.4. The highest BCUT2D eigenvalue weighted by Gasteiger charge is 2.27. The van der Waals surface area contributed by atoms with Gasteiger partial charge in [0.05, 0.1) is 24.6 Å². The average Bonchev–Trinajstić information content (AvgIpc) is 2.80. The van der Waals surface area contributed by atoms with Crippen LogP contribution >= 0.6 is 23.2 Å². The number of hydrogen-bond acceptors (Lipinski definition) is 4. The molecule has 3 rings (SSSR count). The Hall–Kier alpha value is -2.58. The highest BCUT2D eigenvalue weighted by molar-refractivity contribution is 7.89. The van der Waals surface area contributed by atoms with Gasteiger partial charge in [-0.25, -0.2) is 8.42 Å². The van der Waals surface area contributed by atoms with Crippen LogP contribution in [0.5, 0.6) is 5.75 Å². The Balaban J connectivity index is 1.84. The number of hydrogen-bond donors (Lipinski definition) is 1. The van der Waals surface area contributed by atoms with Crippen LogP contribution in [0, 0.1) is 0 Å². The first-order chi connectivity index (χ1) is 15.7. The molecular formula is C24H24Cl2N2O4S. The van der Waals surface area contributed by atoms with Crippen molar-refractivity contribution >= 4 is 39.1 Å². The molecule has 0 bridgehead atoms. The molecule has 0 aliphatic rings. The number of methoxy groups -OCH3 is 1. The van der Waals surface area contributed by atoms with Crippen LogP contribution in [0.3, 0.4) is 0 Å². The molecule has 0 saturated carbocycles. The van der Waals surface area contributed by atoms with Gasteiger partial charge < -0.3 is 10.1 Å². The first-order valence-corrected chi connectivity index (χ1v) is 12.3. The number of sulfonamides is 1. The first kappa shape index (κ1) is 25.1. The molecule has 0 fully saturated rings. The van der Waals surface area contributed by atoms with Crippen molar-refractivity contribution in [2.45, 2.75) is 24.4 Å². The maximum Gasteiger partial charge on any atom is 0.243 e. The quantitative estimate of drug-likeness (QED) is 0.439. The number of halogens is 2. The summed E-state index contributed by atoms with van der Waals surface area (Å²) in [5.41, 5.74) is 1.49. The summed E-state index contributed by atoms with van der Waals surface area (Å²) in [5.74, 6) is 0.192. The van der Waals surface area contributed by atoms with Gasteiger partial charge in [0, 0.05) is 22.2 Å². The molecule has 6 nitrogen and oxygen atoms in total. The molecule has 0 heterocycles. The van der Waals surface area contributed by atoms with Gasteiger partial charge in [-0.15, -0.1) is 0 Å². The van der Waals surface area contributed by atoms with E-state index in [1.54, 1.807) is 37.4 Å². The predicted octanol–water partition coefficient (Wildman–Crippen LogP) is 5.07. The summed E-state index contributed by atoms with van der Waals surface area (Å²) in [5, 5.41) is 3.82. The molecule has 33 heavy (non-hydrogen) atoms. The van der Waals surface area contributed by atoms with Crippen LogP contribution in [0.1, 0.15) is 24.1 Å². The largest absolute Gasteiger partial charge is 0.496 e. The molecule has 0 aliphatic carbocycles. The fourth-order valence-electron chi connectivity index (χ4n) is 3.32. The molecule has 9 heteroatoms. The average molecular weight is 507 g/mol. The Bertz CT molecular complexity index is 1200. The van der Waals surface area contributed by atoms with Gasteiger partial charge in [-0.05, 0) is 55.0 Å². The number of carbonyl (C=O) groups is 1. The number of benzene rings is 3. The molecule has 1 atom stereocenters. The second kappa shape index (κ2) is 11.0. The summed E-state index contributed by atoms with van der Waals surface area (Å²) in [6.45, 7) is 1.44. The molecule has 174 valence electrons. The maximum absolute atomic E-state index is 13.4. The van der Waals surface area contributed by atoms with Gasteiger partial charge >= 0.3 is 0 Å². The summed E-state index contributed by atoms with van der Waals surface area (Å²) >= 11 is 11.9. The van der Waals surface area contributed by atoms with E-state index in [9.17, 15) is 13.2 Å². The third-order valence-corrected chi connectivity index (χ3v) is 7.34. The molecule has 0 aromatic heterocycles. The van der Waals surface area contributed by atoms with E-state index in [0.29, 0.717) is 21.4 Å². The zero-order valence-corrected chi connectivity index (χ0v) is 20.5. The van der Waals surface area contributed by atoms with Crippen molar-refractivity contribution in [3.05, 3.63) is 94.0 Å². The smallest absolute Gasteiger partial charge is 0.243 e. The van der Waals surface area contributed by atoms with E-state index in [4.69, 9.17) is 27.9 Å². The van der Waals surface area contributed by atoms with E-state index in [2.05, 4.69) is 5.32 Å². The van der Waals surface area contributed by atoms with Gasteiger partial charge in [0.25, 0.3) is 0 Å². The lowest BCUT2D eigenvalue weighted by Crippen LogP contribution is -2.41. The Kier molecular flexibility index (Phi) is 8.37. The SMILES string of the molecule is COc1ccccc1C(C)NC(=O)CN(Cc1ccc(Cl)cc1)S(=O)(=O)c1ccc(Cl)cc1. The lowest BCUT2D eigenvalue weighted by atomic mass is 10.1. The van der Waals surface area contributed by atoms with E-state index in [0.717, 1.165) is 9.87 Å². The van der Waals surface area contributed by atoms with Crippen LogP contribution in [0.4, 0.5) is 0 Å². The number of amides is 1. The number of para-hydroxylation sites is 1. The lowest BCUT2D eigenvalue weighted by Gasteiger charge is -2.24. The van der Waals surface area contributed by atoms with Crippen molar-refractivity contribution in [2.75, 3.05) is 13.7 Å². The second-order valence-electron chi connectivity index (χ2n) is 7.38. The number of rotatable bonds is 9. The summed E-state index contributed by atoms with van der Waals surface area (Å²) in [6, 6.07) is 19.6. The van der Waals surface area contributed by atoms with Crippen LogP contribution in [-0.4, -0.2) is 32.3 Å². The predicted molar refractivity (Wildman–Crippen MR) is 130 cm³/mol. The summed E-state index contributed by atoms with van der Waals surface area (Å²) in [6.07, 6.45) is 0. The third kappa shape index (κ3) is 6.48. The molecule has 1 unspecified atom stereocenters. The molecule has 3 aromatic rings. The molecule has 3 aromatic carbocycles. The number of carbonyl (C=O) groups excluding carboxylic acids is 1. The summed E-state index contributed by atoms with van der Waals surface area (Å²) < 4.78 is 33.2. The van der Waals surface area contributed by atoms with Crippen molar-refractivity contribution < 1.29 is 17.9 Å². The highest BCUT2D eigenvalue weighted by atomic mass is 35.5. The number of ether oxygens (including phenoxy) is 1. The van der Waals surface area contributed by atoms with Crippen LogP contribution in [-0.2, 0) is 21.4 Å². The summed E-state index contributed by atoms with van der Waals surface area (Å²) in [7, 11) is -2.42. The first-order valence-electron chi connectivity index (χ1n) is 10.1. The van der Waals surface area contributed by atoms with Gasteiger partial charge in [0.2, 0.25) is 15.9 Å². The molecule has 0 radical (unpaired) electrons. The molecule has 1 amide bonds.